The molecule has 0 bridgehead atoms. The van der Waals surface area contributed by atoms with Crippen molar-refractivity contribution in [3.8, 4) is 11.5 Å². The standard InChI is InChI=1S/C15H10BrCl2IO2/c16-15(10-5-8(17)1-2-12(10)19)9-6-13-14(7-11(9)18)21-4-3-20-13/h1-2,5-7,15H,3-4H2. The molecule has 0 amide bonds. The van der Waals surface area contributed by atoms with Crippen molar-refractivity contribution >= 4 is 61.7 Å². The molecule has 0 aromatic heterocycles. The SMILES string of the molecule is Clc1ccc(I)c(C(Br)c2cc3c(cc2Cl)OCCO3)c1. The Kier molecular flexibility index (Phi) is 4.88. The zero-order valence-corrected chi connectivity index (χ0v) is 16.0. The predicted molar refractivity (Wildman–Crippen MR) is 97.4 cm³/mol. The largest absolute Gasteiger partial charge is 0.486 e. The summed E-state index contributed by atoms with van der Waals surface area (Å²) in [6.07, 6.45) is 0. The van der Waals surface area contributed by atoms with E-state index in [2.05, 4.69) is 38.5 Å². The quantitative estimate of drug-likeness (QED) is 0.381. The number of fused-ring (bicyclic) bond motifs is 1. The van der Waals surface area contributed by atoms with E-state index in [0.29, 0.717) is 29.0 Å². The number of alkyl halides is 1. The molecule has 3 rings (SSSR count). The number of halogens is 4. The van der Waals surface area contributed by atoms with Crippen molar-refractivity contribution in [1.82, 2.24) is 0 Å². The molecule has 110 valence electrons. The van der Waals surface area contributed by atoms with E-state index in [1.165, 1.54) is 0 Å². The summed E-state index contributed by atoms with van der Waals surface area (Å²) in [6.45, 7) is 1.10. The van der Waals surface area contributed by atoms with Gasteiger partial charge in [0.15, 0.2) is 11.5 Å². The second-order valence-electron chi connectivity index (χ2n) is 4.55. The van der Waals surface area contributed by atoms with Crippen molar-refractivity contribution in [2.24, 2.45) is 0 Å². The van der Waals surface area contributed by atoms with E-state index in [4.69, 9.17) is 32.7 Å². The molecule has 1 aliphatic rings. The maximum atomic E-state index is 6.40. The molecule has 0 radical (unpaired) electrons. The van der Waals surface area contributed by atoms with Gasteiger partial charge in [0, 0.05) is 19.7 Å². The highest BCUT2D eigenvalue weighted by Crippen LogP contribution is 2.43. The van der Waals surface area contributed by atoms with Gasteiger partial charge in [-0.3, -0.25) is 0 Å². The smallest absolute Gasteiger partial charge is 0.162 e. The second kappa shape index (κ2) is 6.52. The van der Waals surface area contributed by atoms with Crippen LogP contribution >= 0.6 is 61.7 Å². The molecule has 1 atom stereocenters. The fourth-order valence-corrected chi connectivity index (χ4v) is 4.56. The molecule has 1 heterocycles. The van der Waals surface area contributed by atoms with Crippen LogP contribution in [0.25, 0.3) is 0 Å². The highest BCUT2D eigenvalue weighted by atomic mass is 127. The zero-order chi connectivity index (χ0) is 15.0. The van der Waals surface area contributed by atoms with Crippen LogP contribution in [-0.4, -0.2) is 13.2 Å². The van der Waals surface area contributed by atoms with Crippen molar-refractivity contribution in [3.05, 3.63) is 55.1 Å². The van der Waals surface area contributed by atoms with Crippen LogP contribution in [0.2, 0.25) is 10.0 Å². The summed E-state index contributed by atoms with van der Waals surface area (Å²) in [5.41, 5.74) is 2.00. The third-order valence-electron chi connectivity index (χ3n) is 3.17. The van der Waals surface area contributed by atoms with Crippen LogP contribution in [0.15, 0.2) is 30.3 Å². The van der Waals surface area contributed by atoms with Gasteiger partial charge in [0.1, 0.15) is 13.2 Å². The van der Waals surface area contributed by atoms with Crippen LogP contribution in [0.1, 0.15) is 16.0 Å². The van der Waals surface area contributed by atoms with Crippen LogP contribution in [0.5, 0.6) is 11.5 Å². The fourth-order valence-electron chi connectivity index (χ4n) is 2.15. The summed E-state index contributed by atoms with van der Waals surface area (Å²) < 4.78 is 12.3. The average molecular weight is 500 g/mol. The number of hydrogen-bond acceptors (Lipinski definition) is 2. The summed E-state index contributed by atoms with van der Waals surface area (Å²) in [4.78, 5) is -0.0635. The molecule has 0 fully saturated rings. The van der Waals surface area contributed by atoms with Crippen LogP contribution in [-0.2, 0) is 0 Å². The molecule has 1 unspecified atom stereocenters. The first-order valence-corrected chi connectivity index (χ1v) is 8.99. The summed E-state index contributed by atoms with van der Waals surface area (Å²) in [5.74, 6) is 1.41. The van der Waals surface area contributed by atoms with Gasteiger partial charge < -0.3 is 9.47 Å². The third-order valence-corrected chi connectivity index (χ3v) is 5.70. The lowest BCUT2D eigenvalue weighted by molar-refractivity contribution is 0.171. The lowest BCUT2D eigenvalue weighted by atomic mass is 10.0. The van der Waals surface area contributed by atoms with Crippen LogP contribution in [0.3, 0.4) is 0 Å². The van der Waals surface area contributed by atoms with E-state index in [0.717, 1.165) is 20.4 Å². The number of ether oxygens (including phenoxy) is 2. The maximum Gasteiger partial charge on any atom is 0.162 e. The van der Waals surface area contributed by atoms with Crippen LogP contribution < -0.4 is 9.47 Å². The molecular weight excluding hydrogens is 490 g/mol. The van der Waals surface area contributed by atoms with Gasteiger partial charge in [-0.05, 0) is 58.0 Å². The molecule has 2 aromatic carbocycles. The third kappa shape index (κ3) is 3.28. The van der Waals surface area contributed by atoms with Crippen molar-refractivity contribution in [1.29, 1.82) is 0 Å². The Balaban J connectivity index is 2.05. The van der Waals surface area contributed by atoms with Crippen LogP contribution in [0.4, 0.5) is 0 Å². The summed E-state index contributed by atoms with van der Waals surface area (Å²) in [6, 6.07) is 9.52. The summed E-state index contributed by atoms with van der Waals surface area (Å²) >= 11 is 18.5. The molecule has 0 saturated carbocycles. The summed E-state index contributed by atoms with van der Waals surface area (Å²) in [7, 11) is 0. The van der Waals surface area contributed by atoms with Crippen molar-refractivity contribution in [2.75, 3.05) is 13.2 Å². The Morgan fingerprint density at radius 3 is 2.38 bits per heavy atom. The van der Waals surface area contributed by atoms with Gasteiger partial charge in [-0.1, -0.05) is 39.1 Å². The normalized spacial score (nSPS) is 14.9. The van der Waals surface area contributed by atoms with E-state index in [-0.39, 0.29) is 4.83 Å². The predicted octanol–water partition coefficient (Wildman–Crippen LogP) is 5.85. The highest BCUT2D eigenvalue weighted by molar-refractivity contribution is 14.1. The molecule has 0 saturated heterocycles. The minimum absolute atomic E-state index is 0.0635. The first-order valence-electron chi connectivity index (χ1n) is 6.24. The Bertz CT molecular complexity index is 694. The molecule has 2 aromatic rings. The van der Waals surface area contributed by atoms with Gasteiger partial charge in [-0.25, -0.2) is 0 Å². The average Bonchev–Trinajstić information content (AvgIpc) is 2.48. The van der Waals surface area contributed by atoms with Gasteiger partial charge in [0.2, 0.25) is 0 Å². The lowest BCUT2D eigenvalue weighted by Gasteiger charge is -2.22. The van der Waals surface area contributed by atoms with E-state index in [1.54, 1.807) is 6.07 Å². The monoisotopic (exact) mass is 498 g/mol. The fraction of sp³-hybridized carbons (Fsp3) is 0.200. The molecule has 0 N–H and O–H groups in total. The summed E-state index contributed by atoms with van der Waals surface area (Å²) in [5, 5.41) is 1.33. The molecule has 21 heavy (non-hydrogen) atoms. The molecule has 6 heteroatoms. The minimum Gasteiger partial charge on any atom is -0.486 e. The van der Waals surface area contributed by atoms with E-state index in [1.807, 2.05) is 24.3 Å². The topological polar surface area (TPSA) is 18.5 Å². The van der Waals surface area contributed by atoms with E-state index in [9.17, 15) is 0 Å². The highest BCUT2D eigenvalue weighted by Gasteiger charge is 2.21. The van der Waals surface area contributed by atoms with Gasteiger partial charge in [-0.15, -0.1) is 0 Å². The maximum absolute atomic E-state index is 6.40. The van der Waals surface area contributed by atoms with E-state index < -0.39 is 0 Å². The molecule has 1 aliphatic heterocycles. The van der Waals surface area contributed by atoms with Gasteiger partial charge in [-0.2, -0.15) is 0 Å². The van der Waals surface area contributed by atoms with Crippen molar-refractivity contribution < 1.29 is 9.47 Å². The first kappa shape index (κ1) is 15.7. The van der Waals surface area contributed by atoms with E-state index >= 15 is 0 Å². The Labute approximate surface area is 155 Å². The molecular formula is C15H10BrCl2IO2. The minimum atomic E-state index is -0.0635. The second-order valence-corrected chi connectivity index (χ2v) is 7.47. The Morgan fingerprint density at radius 2 is 1.67 bits per heavy atom. The Morgan fingerprint density at radius 1 is 1.00 bits per heavy atom. The number of benzene rings is 2. The first-order chi connectivity index (χ1) is 10.1. The van der Waals surface area contributed by atoms with Crippen molar-refractivity contribution in [2.45, 2.75) is 4.83 Å². The lowest BCUT2D eigenvalue weighted by Crippen LogP contribution is -2.15. The number of rotatable bonds is 2. The Hall–Kier alpha value is -0.170. The molecule has 0 spiro atoms. The van der Waals surface area contributed by atoms with Gasteiger partial charge >= 0.3 is 0 Å². The molecule has 0 aliphatic carbocycles. The molecule has 2 nitrogen and oxygen atoms in total. The van der Waals surface area contributed by atoms with Crippen molar-refractivity contribution in [3.63, 3.8) is 0 Å². The van der Waals surface area contributed by atoms with Crippen LogP contribution in [0, 0.1) is 3.57 Å². The number of hydrogen-bond donors (Lipinski definition) is 0. The van der Waals surface area contributed by atoms with Gasteiger partial charge in [0.05, 0.1) is 4.83 Å². The van der Waals surface area contributed by atoms with Gasteiger partial charge in [0.25, 0.3) is 0 Å². The zero-order valence-electron chi connectivity index (χ0n) is 10.7.